The summed E-state index contributed by atoms with van der Waals surface area (Å²) in [6, 6.07) is 1.69. The predicted molar refractivity (Wildman–Crippen MR) is 62.5 cm³/mol. The summed E-state index contributed by atoms with van der Waals surface area (Å²) in [4.78, 5) is 13.7. The van der Waals surface area contributed by atoms with Gasteiger partial charge in [0.15, 0.2) is 0 Å². The van der Waals surface area contributed by atoms with Crippen LogP contribution >= 0.6 is 0 Å². The van der Waals surface area contributed by atoms with Gasteiger partial charge in [-0.3, -0.25) is 9.48 Å². The Morgan fingerprint density at radius 1 is 1.59 bits per heavy atom. The topological polar surface area (TPSA) is 51.3 Å². The zero-order valence-corrected chi connectivity index (χ0v) is 10.2. The summed E-state index contributed by atoms with van der Waals surface area (Å²) in [5.74, 6) is 0.605. The van der Waals surface area contributed by atoms with Crippen molar-refractivity contribution in [3.8, 4) is 0 Å². The van der Waals surface area contributed by atoms with Gasteiger partial charge in [-0.25, -0.2) is 0 Å². The van der Waals surface area contributed by atoms with E-state index in [1.165, 1.54) is 6.26 Å². The number of aryl methyl sites for hydroxylation is 2. The van der Waals surface area contributed by atoms with Crippen molar-refractivity contribution < 1.29 is 9.21 Å². The van der Waals surface area contributed by atoms with E-state index < -0.39 is 0 Å². The minimum Gasteiger partial charge on any atom is -0.469 e. The smallest absolute Gasteiger partial charge is 0.257 e. The monoisotopic (exact) mass is 233 g/mol. The van der Waals surface area contributed by atoms with Crippen LogP contribution in [0.25, 0.3) is 0 Å². The normalized spacial score (nSPS) is 10.5. The third-order valence-corrected chi connectivity index (χ3v) is 2.61. The molecule has 90 valence electrons. The molecule has 0 spiro atoms. The summed E-state index contributed by atoms with van der Waals surface area (Å²) in [5, 5.41) is 4.07. The molecule has 0 N–H and O–H groups in total. The minimum absolute atomic E-state index is 0.0416. The van der Waals surface area contributed by atoms with Crippen molar-refractivity contribution in [3.63, 3.8) is 0 Å². The fourth-order valence-electron chi connectivity index (χ4n) is 1.71. The average Bonchev–Trinajstić information content (AvgIpc) is 2.86. The molecule has 0 aromatic carbocycles. The molecule has 1 amide bonds. The van der Waals surface area contributed by atoms with Crippen molar-refractivity contribution in [2.45, 2.75) is 13.5 Å². The number of carbonyl (C=O) groups is 1. The van der Waals surface area contributed by atoms with E-state index in [1.54, 1.807) is 35.8 Å². The number of amides is 1. The minimum atomic E-state index is -0.0416. The van der Waals surface area contributed by atoms with Crippen LogP contribution in [0.1, 0.15) is 21.7 Å². The van der Waals surface area contributed by atoms with E-state index in [4.69, 9.17) is 4.42 Å². The van der Waals surface area contributed by atoms with E-state index in [-0.39, 0.29) is 5.91 Å². The van der Waals surface area contributed by atoms with Crippen molar-refractivity contribution in [2.75, 3.05) is 7.05 Å². The van der Waals surface area contributed by atoms with Crippen LogP contribution in [0.4, 0.5) is 0 Å². The molecular formula is C12H15N3O2. The Hall–Kier alpha value is -2.04. The van der Waals surface area contributed by atoms with Crippen molar-refractivity contribution in [1.82, 2.24) is 14.7 Å². The third-order valence-electron chi connectivity index (χ3n) is 2.61. The largest absolute Gasteiger partial charge is 0.469 e. The molecule has 0 radical (unpaired) electrons. The van der Waals surface area contributed by atoms with E-state index in [2.05, 4.69) is 5.10 Å². The molecule has 2 heterocycles. The number of carbonyl (C=O) groups excluding carboxylic acids is 1. The van der Waals surface area contributed by atoms with Gasteiger partial charge in [0.2, 0.25) is 0 Å². The molecule has 0 saturated heterocycles. The predicted octanol–water partition coefficient (Wildman–Crippen LogP) is 1.59. The van der Waals surface area contributed by atoms with Crippen LogP contribution in [-0.2, 0) is 13.6 Å². The second kappa shape index (κ2) is 4.45. The number of aromatic nitrogens is 2. The van der Waals surface area contributed by atoms with Gasteiger partial charge in [-0.2, -0.15) is 5.10 Å². The fourth-order valence-corrected chi connectivity index (χ4v) is 1.71. The molecule has 2 aromatic rings. The molecule has 0 aliphatic carbocycles. The molecule has 0 unspecified atom stereocenters. The zero-order chi connectivity index (χ0) is 12.4. The number of furan rings is 1. The van der Waals surface area contributed by atoms with Crippen molar-refractivity contribution in [3.05, 3.63) is 41.6 Å². The maximum atomic E-state index is 12.1. The molecule has 5 heteroatoms. The quantitative estimate of drug-likeness (QED) is 0.809. The maximum absolute atomic E-state index is 12.1. The summed E-state index contributed by atoms with van der Waals surface area (Å²) < 4.78 is 6.85. The summed E-state index contributed by atoms with van der Waals surface area (Å²) in [6.45, 7) is 2.32. The Labute approximate surface area is 99.6 Å². The average molecular weight is 233 g/mol. The van der Waals surface area contributed by atoms with E-state index >= 15 is 0 Å². The van der Waals surface area contributed by atoms with Gasteiger partial charge >= 0.3 is 0 Å². The highest BCUT2D eigenvalue weighted by molar-refractivity contribution is 5.94. The second-order valence-corrected chi connectivity index (χ2v) is 4.07. The van der Waals surface area contributed by atoms with E-state index in [0.717, 1.165) is 5.56 Å². The van der Waals surface area contributed by atoms with Crippen LogP contribution in [0.15, 0.2) is 29.1 Å². The summed E-state index contributed by atoms with van der Waals surface area (Å²) in [5.41, 5.74) is 1.61. The molecule has 0 aliphatic heterocycles. The van der Waals surface area contributed by atoms with Gasteiger partial charge in [0.25, 0.3) is 5.91 Å². The number of hydrogen-bond donors (Lipinski definition) is 0. The summed E-state index contributed by atoms with van der Waals surface area (Å²) in [7, 11) is 3.62. The van der Waals surface area contributed by atoms with Crippen LogP contribution in [0.3, 0.4) is 0 Å². The van der Waals surface area contributed by atoms with E-state index in [0.29, 0.717) is 17.9 Å². The van der Waals surface area contributed by atoms with Gasteiger partial charge in [-0.1, -0.05) is 0 Å². The first-order valence-corrected chi connectivity index (χ1v) is 5.35. The van der Waals surface area contributed by atoms with Gasteiger partial charge < -0.3 is 9.32 Å². The lowest BCUT2D eigenvalue weighted by Crippen LogP contribution is -2.26. The molecule has 0 bridgehead atoms. The second-order valence-electron chi connectivity index (χ2n) is 4.07. The number of hydrogen-bond acceptors (Lipinski definition) is 3. The molecule has 0 fully saturated rings. The van der Waals surface area contributed by atoms with Gasteiger partial charge in [-0.05, 0) is 13.0 Å². The lowest BCUT2D eigenvalue weighted by atomic mass is 10.2. The van der Waals surface area contributed by atoms with Crippen LogP contribution < -0.4 is 0 Å². The lowest BCUT2D eigenvalue weighted by Gasteiger charge is -2.15. The van der Waals surface area contributed by atoms with Gasteiger partial charge in [0.1, 0.15) is 5.76 Å². The van der Waals surface area contributed by atoms with Gasteiger partial charge in [0.05, 0.1) is 18.0 Å². The lowest BCUT2D eigenvalue weighted by molar-refractivity contribution is 0.0783. The first-order valence-electron chi connectivity index (χ1n) is 5.35. The standard InChI is InChI=1S/C12H15N3O2/c1-9-11(4-5-17-9)12(16)14(2)7-10-6-13-15(3)8-10/h4-6,8H,7H2,1-3H3. The zero-order valence-electron chi connectivity index (χ0n) is 10.2. The highest BCUT2D eigenvalue weighted by atomic mass is 16.3. The molecule has 17 heavy (non-hydrogen) atoms. The molecule has 2 rings (SSSR count). The fraction of sp³-hybridized carbons (Fsp3) is 0.333. The molecule has 2 aromatic heterocycles. The van der Waals surface area contributed by atoms with E-state index in [9.17, 15) is 4.79 Å². The third kappa shape index (κ3) is 2.38. The highest BCUT2D eigenvalue weighted by Gasteiger charge is 2.16. The van der Waals surface area contributed by atoms with Crippen LogP contribution in [-0.4, -0.2) is 27.6 Å². The van der Waals surface area contributed by atoms with Crippen molar-refractivity contribution in [1.29, 1.82) is 0 Å². The van der Waals surface area contributed by atoms with Crippen LogP contribution in [0.2, 0.25) is 0 Å². The first-order chi connectivity index (χ1) is 8.08. The van der Waals surface area contributed by atoms with Crippen LogP contribution in [0, 0.1) is 6.92 Å². The summed E-state index contributed by atoms with van der Waals surface area (Å²) in [6.07, 6.45) is 5.18. The Kier molecular flexibility index (Phi) is 2.99. The van der Waals surface area contributed by atoms with Gasteiger partial charge in [0, 0.05) is 32.4 Å². The molecule has 5 nitrogen and oxygen atoms in total. The maximum Gasteiger partial charge on any atom is 0.257 e. The first kappa shape index (κ1) is 11.4. The molecular weight excluding hydrogens is 218 g/mol. The van der Waals surface area contributed by atoms with E-state index in [1.807, 2.05) is 13.2 Å². The van der Waals surface area contributed by atoms with Crippen LogP contribution in [0.5, 0.6) is 0 Å². The SMILES string of the molecule is Cc1occc1C(=O)N(C)Cc1cnn(C)c1. The van der Waals surface area contributed by atoms with Crippen molar-refractivity contribution in [2.24, 2.45) is 7.05 Å². The van der Waals surface area contributed by atoms with Gasteiger partial charge in [-0.15, -0.1) is 0 Å². The number of nitrogens with zero attached hydrogens (tertiary/aromatic N) is 3. The Morgan fingerprint density at radius 2 is 2.35 bits per heavy atom. The Bertz CT molecular complexity index is 527. The molecule has 0 atom stereocenters. The molecule has 0 aliphatic rings. The van der Waals surface area contributed by atoms with Crippen molar-refractivity contribution >= 4 is 5.91 Å². The number of rotatable bonds is 3. The Morgan fingerprint density at radius 3 is 2.88 bits per heavy atom. The highest BCUT2D eigenvalue weighted by Crippen LogP contribution is 2.12. The molecule has 0 saturated carbocycles. The Balaban J connectivity index is 2.08. The summed E-state index contributed by atoms with van der Waals surface area (Å²) >= 11 is 0.